The van der Waals surface area contributed by atoms with Crippen molar-refractivity contribution >= 4 is 23.1 Å². The van der Waals surface area contributed by atoms with E-state index < -0.39 is 0 Å². The standard InChI is InChI=1S/C22H22N2O3S/c1-26-17-12-16(13-18(14-17)27-2)23-22(25)24-10-8-20-19(9-11-28-20)21(24)15-6-4-3-5-7-15/h3-7,9,11-14,21H,8,10H2,1-2H3,(H,23,25)/t21-/m0/s1. The minimum absolute atomic E-state index is 0.0938. The van der Waals surface area contributed by atoms with Crippen molar-refractivity contribution < 1.29 is 14.3 Å². The van der Waals surface area contributed by atoms with Gasteiger partial charge in [-0.25, -0.2) is 4.79 Å². The smallest absolute Gasteiger partial charge is 0.322 e. The first-order chi connectivity index (χ1) is 13.7. The van der Waals surface area contributed by atoms with E-state index in [1.807, 2.05) is 23.1 Å². The number of hydrogen-bond donors (Lipinski definition) is 1. The van der Waals surface area contributed by atoms with Gasteiger partial charge in [0.1, 0.15) is 11.5 Å². The third-order valence-corrected chi connectivity index (χ3v) is 5.94. The lowest BCUT2D eigenvalue weighted by atomic mass is 9.93. The molecule has 1 aromatic heterocycles. The summed E-state index contributed by atoms with van der Waals surface area (Å²) in [6.07, 6.45) is 0.866. The van der Waals surface area contributed by atoms with Crippen LogP contribution in [0.2, 0.25) is 0 Å². The van der Waals surface area contributed by atoms with Crippen molar-refractivity contribution in [2.75, 3.05) is 26.1 Å². The van der Waals surface area contributed by atoms with Crippen molar-refractivity contribution in [2.24, 2.45) is 0 Å². The molecule has 0 saturated carbocycles. The zero-order chi connectivity index (χ0) is 19.5. The average molecular weight is 394 g/mol. The molecule has 0 unspecified atom stereocenters. The summed E-state index contributed by atoms with van der Waals surface area (Å²) in [5, 5.41) is 5.12. The van der Waals surface area contributed by atoms with Crippen LogP contribution in [0.5, 0.6) is 11.5 Å². The Morgan fingerprint density at radius 1 is 1.07 bits per heavy atom. The summed E-state index contributed by atoms with van der Waals surface area (Å²) in [5.74, 6) is 1.26. The second kappa shape index (κ2) is 7.94. The third kappa shape index (κ3) is 3.55. The van der Waals surface area contributed by atoms with Gasteiger partial charge in [0.25, 0.3) is 0 Å². The Morgan fingerprint density at radius 3 is 2.46 bits per heavy atom. The van der Waals surface area contributed by atoms with Gasteiger partial charge in [0, 0.05) is 35.3 Å². The highest BCUT2D eigenvalue weighted by atomic mass is 32.1. The lowest BCUT2D eigenvalue weighted by Gasteiger charge is -2.36. The summed E-state index contributed by atoms with van der Waals surface area (Å²) < 4.78 is 10.6. The zero-order valence-corrected chi connectivity index (χ0v) is 16.7. The first kappa shape index (κ1) is 18.4. The molecular formula is C22H22N2O3S. The van der Waals surface area contributed by atoms with E-state index in [0.29, 0.717) is 23.7 Å². The van der Waals surface area contributed by atoms with Gasteiger partial charge in [-0.1, -0.05) is 30.3 Å². The summed E-state index contributed by atoms with van der Waals surface area (Å²) in [6, 6.07) is 17.4. The predicted molar refractivity (Wildman–Crippen MR) is 112 cm³/mol. The van der Waals surface area contributed by atoms with Crippen LogP contribution in [0.25, 0.3) is 0 Å². The minimum atomic E-state index is -0.138. The number of fused-ring (bicyclic) bond motifs is 1. The number of anilines is 1. The van der Waals surface area contributed by atoms with Gasteiger partial charge >= 0.3 is 6.03 Å². The number of carbonyl (C=O) groups excluding carboxylic acids is 1. The normalized spacial score (nSPS) is 15.6. The fraction of sp³-hybridized carbons (Fsp3) is 0.227. The quantitative estimate of drug-likeness (QED) is 0.682. The molecule has 2 aromatic carbocycles. The molecule has 3 aromatic rings. The lowest BCUT2D eigenvalue weighted by molar-refractivity contribution is 0.194. The van der Waals surface area contributed by atoms with E-state index >= 15 is 0 Å². The number of ether oxygens (including phenoxy) is 2. The van der Waals surface area contributed by atoms with Crippen molar-refractivity contribution in [2.45, 2.75) is 12.5 Å². The second-order valence-electron chi connectivity index (χ2n) is 6.59. The number of urea groups is 1. The SMILES string of the molecule is COc1cc(NC(=O)N2CCc3sccc3[C@@H]2c2ccccc2)cc(OC)c1. The molecule has 4 rings (SSSR count). The van der Waals surface area contributed by atoms with Crippen molar-refractivity contribution in [1.82, 2.24) is 4.90 Å². The predicted octanol–water partition coefficient (Wildman–Crippen LogP) is 4.94. The molecule has 1 N–H and O–H groups in total. The first-order valence-electron chi connectivity index (χ1n) is 9.11. The molecule has 1 aliphatic rings. The molecular weight excluding hydrogens is 372 g/mol. The molecule has 1 aliphatic heterocycles. The number of nitrogens with one attached hydrogen (secondary N) is 1. The van der Waals surface area contributed by atoms with Crippen LogP contribution in [0.15, 0.2) is 60.0 Å². The zero-order valence-electron chi connectivity index (χ0n) is 15.8. The number of methoxy groups -OCH3 is 2. The van der Waals surface area contributed by atoms with Crippen molar-refractivity contribution in [3.05, 3.63) is 76.0 Å². The highest BCUT2D eigenvalue weighted by Gasteiger charge is 2.32. The molecule has 0 aliphatic carbocycles. The summed E-state index contributed by atoms with van der Waals surface area (Å²) in [7, 11) is 3.18. The Labute approximate surface area is 168 Å². The van der Waals surface area contributed by atoms with Crippen LogP contribution in [-0.2, 0) is 6.42 Å². The average Bonchev–Trinajstić information content (AvgIpc) is 3.22. The van der Waals surface area contributed by atoms with Gasteiger partial charge in [0.15, 0.2) is 0 Å². The molecule has 0 radical (unpaired) electrons. The molecule has 2 heterocycles. The van der Waals surface area contributed by atoms with E-state index in [4.69, 9.17) is 9.47 Å². The van der Waals surface area contributed by atoms with Crippen molar-refractivity contribution in [3.8, 4) is 11.5 Å². The van der Waals surface area contributed by atoms with E-state index in [2.05, 4.69) is 28.9 Å². The highest BCUT2D eigenvalue weighted by molar-refractivity contribution is 7.10. The molecule has 6 heteroatoms. The van der Waals surface area contributed by atoms with Crippen LogP contribution < -0.4 is 14.8 Å². The van der Waals surface area contributed by atoms with Gasteiger partial charge in [-0.3, -0.25) is 0 Å². The molecule has 0 saturated heterocycles. The molecule has 144 valence electrons. The summed E-state index contributed by atoms with van der Waals surface area (Å²) in [4.78, 5) is 16.5. The van der Waals surface area contributed by atoms with Gasteiger partial charge in [0.05, 0.1) is 20.3 Å². The Kier molecular flexibility index (Phi) is 5.21. The fourth-order valence-corrected chi connectivity index (χ4v) is 4.51. The number of carbonyl (C=O) groups is 1. The second-order valence-corrected chi connectivity index (χ2v) is 7.59. The third-order valence-electron chi connectivity index (χ3n) is 4.94. The van der Waals surface area contributed by atoms with Crippen LogP contribution in [0.3, 0.4) is 0 Å². The van der Waals surface area contributed by atoms with E-state index in [1.54, 1.807) is 43.8 Å². The Balaban J connectivity index is 1.65. The summed E-state index contributed by atoms with van der Waals surface area (Å²) in [6.45, 7) is 0.667. The Hall–Kier alpha value is -2.99. The Bertz CT molecular complexity index is 949. The number of rotatable bonds is 4. The molecule has 0 bridgehead atoms. The monoisotopic (exact) mass is 394 g/mol. The van der Waals surface area contributed by atoms with Crippen LogP contribution in [-0.4, -0.2) is 31.7 Å². The summed E-state index contributed by atoms with van der Waals surface area (Å²) >= 11 is 1.76. The maximum absolute atomic E-state index is 13.2. The maximum Gasteiger partial charge on any atom is 0.322 e. The first-order valence-corrected chi connectivity index (χ1v) is 9.99. The number of thiophene rings is 1. The van der Waals surface area contributed by atoms with Gasteiger partial charge < -0.3 is 19.7 Å². The van der Waals surface area contributed by atoms with Gasteiger partial charge in [-0.15, -0.1) is 11.3 Å². The van der Waals surface area contributed by atoms with Crippen LogP contribution >= 0.6 is 11.3 Å². The molecule has 28 heavy (non-hydrogen) atoms. The van der Waals surface area contributed by atoms with E-state index in [-0.39, 0.29) is 12.1 Å². The van der Waals surface area contributed by atoms with Crippen molar-refractivity contribution in [3.63, 3.8) is 0 Å². The van der Waals surface area contributed by atoms with Crippen LogP contribution in [0, 0.1) is 0 Å². The van der Waals surface area contributed by atoms with Gasteiger partial charge in [-0.05, 0) is 29.0 Å². The van der Waals surface area contributed by atoms with Gasteiger partial charge in [-0.2, -0.15) is 0 Å². The number of amides is 2. The Morgan fingerprint density at radius 2 is 1.79 bits per heavy atom. The van der Waals surface area contributed by atoms with Crippen LogP contribution in [0.4, 0.5) is 10.5 Å². The molecule has 2 amide bonds. The molecule has 0 fully saturated rings. The van der Waals surface area contributed by atoms with E-state index in [1.165, 1.54) is 10.4 Å². The number of hydrogen-bond acceptors (Lipinski definition) is 4. The minimum Gasteiger partial charge on any atom is -0.497 e. The van der Waals surface area contributed by atoms with E-state index in [0.717, 1.165) is 12.0 Å². The largest absolute Gasteiger partial charge is 0.497 e. The maximum atomic E-state index is 13.2. The topological polar surface area (TPSA) is 50.8 Å². The van der Waals surface area contributed by atoms with E-state index in [9.17, 15) is 4.79 Å². The highest BCUT2D eigenvalue weighted by Crippen LogP contribution is 2.38. The van der Waals surface area contributed by atoms with Crippen LogP contribution in [0.1, 0.15) is 22.0 Å². The fourth-order valence-electron chi connectivity index (χ4n) is 3.60. The van der Waals surface area contributed by atoms with Gasteiger partial charge in [0.2, 0.25) is 0 Å². The lowest BCUT2D eigenvalue weighted by Crippen LogP contribution is -2.42. The molecule has 5 nitrogen and oxygen atoms in total. The number of benzene rings is 2. The molecule has 0 spiro atoms. The van der Waals surface area contributed by atoms with Crippen molar-refractivity contribution in [1.29, 1.82) is 0 Å². The summed E-state index contributed by atoms with van der Waals surface area (Å²) in [5.41, 5.74) is 2.96. The number of nitrogens with zero attached hydrogens (tertiary/aromatic N) is 1. The molecule has 1 atom stereocenters.